The lowest BCUT2D eigenvalue weighted by atomic mass is 10.2. The highest BCUT2D eigenvalue weighted by Crippen LogP contribution is 2.17. The van der Waals surface area contributed by atoms with Crippen molar-refractivity contribution in [3.05, 3.63) is 41.9 Å². The highest BCUT2D eigenvalue weighted by atomic mass is 19.1. The van der Waals surface area contributed by atoms with E-state index in [0.29, 0.717) is 12.4 Å². The largest absolute Gasteiger partial charge is 0.368 e. The molecule has 2 aromatic rings. The van der Waals surface area contributed by atoms with Gasteiger partial charge in [0.15, 0.2) is 11.6 Å². The molecule has 0 unspecified atom stereocenters. The maximum Gasteiger partial charge on any atom is 0.257 e. The van der Waals surface area contributed by atoms with Crippen LogP contribution in [0.4, 0.5) is 10.2 Å². The Balaban J connectivity index is 2.14. The van der Waals surface area contributed by atoms with Gasteiger partial charge in [-0.25, -0.2) is 14.4 Å². The average molecular weight is 291 g/mol. The normalized spacial score (nSPS) is 10.4. The summed E-state index contributed by atoms with van der Waals surface area (Å²) in [4.78, 5) is 24.6. The maximum absolute atomic E-state index is 14.3. The molecule has 2 rings (SSSR count). The van der Waals surface area contributed by atoms with Gasteiger partial charge in [-0.15, -0.1) is 0 Å². The first-order valence-electron chi connectivity index (χ1n) is 6.75. The van der Waals surface area contributed by atoms with Gasteiger partial charge in [0.25, 0.3) is 5.91 Å². The van der Waals surface area contributed by atoms with Gasteiger partial charge >= 0.3 is 0 Å². The highest BCUT2D eigenvalue weighted by Gasteiger charge is 2.19. The number of aromatic nitrogens is 3. The molecular formula is C14H18FN5O. The van der Waals surface area contributed by atoms with Crippen LogP contribution in [0.2, 0.25) is 0 Å². The zero-order valence-corrected chi connectivity index (χ0v) is 12.1. The molecule has 0 spiro atoms. The van der Waals surface area contributed by atoms with Crippen LogP contribution < -0.4 is 5.32 Å². The van der Waals surface area contributed by atoms with Crippen molar-refractivity contribution in [2.75, 3.05) is 18.9 Å². The van der Waals surface area contributed by atoms with E-state index in [1.54, 1.807) is 19.4 Å². The fraction of sp³-hybridized carbons (Fsp3) is 0.357. The predicted octanol–water partition coefficient (Wildman–Crippen LogP) is 2.04. The molecule has 2 N–H and O–H groups in total. The fourth-order valence-electron chi connectivity index (χ4n) is 1.86. The third-order valence-electron chi connectivity index (χ3n) is 2.95. The van der Waals surface area contributed by atoms with E-state index >= 15 is 0 Å². The van der Waals surface area contributed by atoms with Crippen molar-refractivity contribution in [2.24, 2.45) is 0 Å². The lowest BCUT2D eigenvalue weighted by Crippen LogP contribution is -2.28. The van der Waals surface area contributed by atoms with E-state index in [1.807, 2.05) is 6.92 Å². The summed E-state index contributed by atoms with van der Waals surface area (Å²) in [5, 5.41) is 2.87. The lowest BCUT2D eigenvalue weighted by molar-refractivity contribution is 0.0777. The van der Waals surface area contributed by atoms with Crippen LogP contribution >= 0.6 is 0 Å². The molecule has 0 saturated heterocycles. The molecule has 0 aliphatic rings. The topological polar surface area (TPSA) is 73.9 Å². The standard InChI is InChI=1S/C14H18FN5O/c1-3-5-18-13-12(15)10(4-6-19-13)14(21)20(2)9-11-16-7-8-17-11/h4,6-8H,3,5,9H2,1-2H3,(H,16,17)(H,18,19). The second-order valence-electron chi connectivity index (χ2n) is 4.64. The Morgan fingerprint density at radius 1 is 1.43 bits per heavy atom. The smallest absolute Gasteiger partial charge is 0.257 e. The summed E-state index contributed by atoms with van der Waals surface area (Å²) in [6, 6.07) is 1.38. The SMILES string of the molecule is CCCNc1nccc(C(=O)N(C)Cc2ncc[nH]2)c1F. The number of hydrogen-bond donors (Lipinski definition) is 2. The zero-order chi connectivity index (χ0) is 15.2. The number of nitrogens with one attached hydrogen (secondary N) is 2. The second-order valence-corrected chi connectivity index (χ2v) is 4.64. The number of aromatic amines is 1. The molecule has 7 heteroatoms. The molecule has 0 aliphatic carbocycles. The number of carbonyl (C=O) groups excluding carboxylic acids is 1. The van der Waals surface area contributed by atoms with Crippen LogP contribution in [0.15, 0.2) is 24.7 Å². The number of rotatable bonds is 6. The number of nitrogens with zero attached hydrogens (tertiary/aromatic N) is 3. The lowest BCUT2D eigenvalue weighted by Gasteiger charge is -2.17. The molecule has 0 aliphatic heterocycles. The molecule has 0 radical (unpaired) electrons. The Hall–Kier alpha value is -2.44. The number of anilines is 1. The van der Waals surface area contributed by atoms with Gasteiger partial charge in [-0.2, -0.15) is 0 Å². The molecule has 0 bridgehead atoms. The summed E-state index contributed by atoms with van der Waals surface area (Å²) >= 11 is 0. The van der Waals surface area contributed by atoms with E-state index in [-0.39, 0.29) is 17.9 Å². The summed E-state index contributed by atoms with van der Waals surface area (Å²) in [6.07, 6.45) is 5.55. The summed E-state index contributed by atoms with van der Waals surface area (Å²) in [5.74, 6) is -0.285. The Bertz CT molecular complexity index is 599. The number of pyridine rings is 1. The van der Waals surface area contributed by atoms with E-state index in [9.17, 15) is 9.18 Å². The molecule has 0 fully saturated rings. The van der Waals surface area contributed by atoms with E-state index in [4.69, 9.17) is 0 Å². The van der Waals surface area contributed by atoms with Crippen molar-refractivity contribution >= 4 is 11.7 Å². The van der Waals surface area contributed by atoms with E-state index in [1.165, 1.54) is 17.2 Å². The van der Waals surface area contributed by atoms with Crippen LogP contribution in [0.5, 0.6) is 0 Å². The average Bonchev–Trinajstić information content (AvgIpc) is 2.98. The molecule has 21 heavy (non-hydrogen) atoms. The Kier molecular flexibility index (Phi) is 4.86. The molecule has 1 amide bonds. The van der Waals surface area contributed by atoms with Crippen molar-refractivity contribution in [2.45, 2.75) is 19.9 Å². The van der Waals surface area contributed by atoms with Crippen LogP contribution in [0.3, 0.4) is 0 Å². The maximum atomic E-state index is 14.3. The number of hydrogen-bond acceptors (Lipinski definition) is 4. The van der Waals surface area contributed by atoms with Crippen molar-refractivity contribution in [1.82, 2.24) is 19.9 Å². The number of carbonyl (C=O) groups is 1. The molecule has 0 saturated carbocycles. The van der Waals surface area contributed by atoms with Crippen LogP contribution in [-0.4, -0.2) is 39.4 Å². The first-order valence-corrected chi connectivity index (χ1v) is 6.75. The highest BCUT2D eigenvalue weighted by molar-refractivity contribution is 5.95. The Labute approximate surface area is 122 Å². The molecule has 0 atom stereocenters. The van der Waals surface area contributed by atoms with E-state index < -0.39 is 11.7 Å². The fourth-order valence-corrected chi connectivity index (χ4v) is 1.86. The summed E-state index contributed by atoms with van der Waals surface area (Å²) in [7, 11) is 1.60. The summed E-state index contributed by atoms with van der Waals surface area (Å²) in [5.41, 5.74) is -0.00217. The van der Waals surface area contributed by atoms with Crippen LogP contribution in [0.1, 0.15) is 29.5 Å². The number of halogens is 1. The van der Waals surface area contributed by atoms with Gasteiger partial charge in [0, 0.05) is 32.2 Å². The number of H-pyrrole nitrogens is 1. The van der Waals surface area contributed by atoms with Gasteiger partial charge in [0.2, 0.25) is 0 Å². The number of imidazole rings is 1. The van der Waals surface area contributed by atoms with Gasteiger partial charge < -0.3 is 15.2 Å². The van der Waals surface area contributed by atoms with Crippen molar-refractivity contribution in [3.8, 4) is 0 Å². The quantitative estimate of drug-likeness (QED) is 0.854. The van der Waals surface area contributed by atoms with Crippen molar-refractivity contribution < 1.29 is 9.18 Å². The predicted molar refractivity (Wildman–Crippen MR) is 77.4 cm³/mol. The van der Waals surface area contributed by atoms with E-state index in [0.717, 1.165) is 6.42 Å². The first-order chi connectivity index (χ1) is 10.1. The third kappa shape index (κ3) is 3.56. The molecule has 2 aromatic heterocycles. The van der Waals surface area contributed by atoms with Crippen molar-refractivity contribution in [3.63, 3.8) is 0 Å². The van der Waals surface area contributed by atoms with Gasteiger partial charge in [-0.3, -0.25) is 4.79 Å². The summed E-state index contributed by atoms with van der Waals surface area (Å²) < 4.78 is 14.3. The molecular weight excluding hydrogens is 273 g/mol. The first kappa shape index (κ1) is 15.0. The summed E-state index contributed by atoms with van der Waals surface area (Å²) in [6.45, 7) is 2.85. The molecule has 112 valence electrons. The molecule has 0 aromatic carbocycles. The van der Waals surface area contributed by atoms with E-state index in [2.05, 4.69) is 20.3 Å². The van der Waals surface area contributed by atoms with Gasteiger partial charge in [0.05, 0.1) is 12.1 Å². The minimum absolute atomic E-state index is 0.00217. The van der Waals surface area contributed by atoms with Gasteiger partial charge in [0.1, 0.15) is 5.82 Å². The van der Waals surface area contributed by atoms with Gasteiger partial charge in [-0.1, -0.05) is 6.92 Å². The van der Waals surface area contributed by atoms with Crippen LogP contribution in [0.25, 0.3) is 0 Å². The Morgan fingerprint density at radius 3 is 2.90 bits per heavy atom. The minimum Gasteiger partial charge on any atom is -0.368 e. The second kappa shape index (κ2) is 6.83. The van der Waals surface area contributed by atoms with Crippen LogP contribution in [-0.2, 0) is 6.54 Å². The monoisotopic (exact) mass is 291 g/mol. The molecule has 2 heterocycles. The minimum atomic E-state index is -0.623. The molecule has 6 nitrogen and oxygen atoms in total. The number of amides is 1. The third-order valence-corrected chi connectivity index (χ3v) is 2.95. The Morgan fingerprint density at radius 2 is 2.24 bits per heavy atom. The van der Waals surface area contributed by atoms with Crippen LogP contribution in [0, 0.1) is 5.82 Å². The van der Waals surface area contributed by atoms with Crippen molar-refractivity contribution in [1.29, 1.82) is 0 Å². The van der Waals surface area contributed by atoms with Gasteiger partial charge in [-0.05, 0) is 12.5 Å². The zero-order valence-electron chi connectivity index (χ0n) is 12.1.